The summed E-state index contributed by atoms with van der Waals surface area (Å²) in [5.41, 5.74) is 20.7. The lowest BCUT2D eigenvalue weighted by molar-refractivity contribution is -0.144. The molecule has 5 heterocycles. The van der Waals surface area contributed by atoms with Crippen LogP contribution in [0.3, 0.4) is 0 Å². The molecule has 8 N–H and O–H groups in total. The van der Waals surface area contributed by atoms with Crippen LogP contribution in [0.4, 0.5) is 5.69 Å². The van der Waals surface area contributed by atoms with Gasteiger partial charge in [-0.2, -0.15) is 0 Å². The fraction of sp³-hybridized carbons (Fsp3) is 0.518. The minimum absolute atomic E-state index is 0.00529. The summed E-state index contributed by atoms with van der Waals surface area (Å²) in [7, 11) is 0. The first-order chi connectivity index (χ1) is 35.3. The Morgan fingerprint density at radius 3 is 2.27 bits per heavy atom. The van der Waals surface area contributed by atoms with E-state index < -0.39 is 59.6 Å². The number of rotatable bonds is 19. The van der Waals surface area contributed by atoms with E-state index in [4.69, 9.17) is 16.2 Å². The number of piperidine rings is 1. The molecule has 18 heteroatoms. The zero-order valence-electron chi connectivity index (χ0n) is 43.3. The Hall–Kier alpha value is -6.05. The third-order valence-corrected chi connectivity index (χ3v) is 16.2. The van der Waals surface area contributed by atoms with Gasteiger partial charge in [-0.1, -0.05) is 87.5 Å². The molecule has 1 unspecified atom stereocenters. The van der Waals surface area contributed by atoms with Gasteiger partial charge >= 0.3 is 0 Å². The van der Waals surface area contributed by atoms with Gasteiger partial charge in [0, 0.05) is 32.4 Å². The second kappa shape index (κ2) is 23.7. The highest BCUT2D eigenvalue weighted by Gasteiger charge is 2.46. The van der Waals surface area contributed by atoms with Gasteiger partial charge in [-0.25, -0.2) is 4.98 Å². The number of aryl methyl sites for hydroxylation is 2. The number of ether oxygens (including phenoxy) is 1. The SMILES string of the molecule is Cc1ncsc1-c1ccc(CNC(=O)[C@@H]2C[C@@H](O)CN2C(=O)C(NC(=O)CN2CCC(Cc3ccc(CO[C@H](C)[C@H](CCC(N)=O)NC(=O)[C@@H]4Cc5cccc6c5N4C(=O)[C@@H](N)CC6)cc3)CC2)C(C)(C)C)cc1. The first-order valence-corrected chi connectivity index (χ1v) is 27.0. The first-order valence-electron chi connectivity index (χ1n) is 26.1. The third-order valence-electron chi connectivity index (χ3n) is 15.2. The zero-order valence-corrected chi connectivity index (χ0v) is 44.1. The number of aliphatic hydroxyl groups excluding tert-OH is 1. The van der Waals surface area contributed by atoms with Crippen LogP contribution in [-0.2, 0) is 65.9 Å². The van der Waals surface area contributed by atoms with Crippen LogP contribution in [0.25, 0.3) is 10.4 Å². The number of nitrogens with two attached hydrogens (primary N) is 2. The van der Waals surface area contributed by atoms with Crippen molar-refractivity contribution in [1.82, 2.24) is 30.7 Å². The number of aromatic nitrogens is 1. The number of carbonyl (C=O) groups is 6. The van der Waals surface area contributed by atoms with Gasteiger partial charge in [-0.3, -0.25) is 38.6 Å². The summed E-state index contributed by atoms with van der Waals surface area (Å²) in [6.07, 6.45) is 3.34. The van der Waals surface area contributed by atoms with Gasteiger partial charge in [-0.15, -0.1) is 11.3 Å². The number of β-amino-alcohol motifs (C(OH)–C–C–N with tert-alkyl or cyclic N) is 1. The lowest BCUT2D eigenvalue weighted by Crippen LogP contribution is -2.58. The summed E-state index contributed by atoms with van der Waals surface area (Å²) in [6, 6.07) is 18.3. The highest BCUT2D eigenvalue weighted by atomic mass is 32.1. The number of anilines is 1. The molecule has 3 aromatic carbocycles. The Morgan fingerprint density at radius 2 is 1.59 bits per heavy atom. The molecule has 7 atom stereocenters. The number of nitrogens with one attached hydrogen (secondary N) is 3. The van der Waals surface area contributed by atoms with Crippen LogP contribution in [-0.4, -0.2) is 124 Å². The molecule has 396 valence electrons. The largest absolute Gasteiger partial charge is 0.391 e. The van der Waals surface area contributed by atoms with Crippen LogP contribution in [0.5, 0.6) is 0 Å². The molecule has 0 saturated carbocycles. The Morgan fingerprint density at radius 1 is 0.905 bits per heavy atom. The molecule has 4 aromatic rings. The van der Waals surface area contributed by atoms with Crippen LogP contribution in [0.2, 0.25) is 0 Å². The number of para-hydroxylation sites is 1. The average molecular weight is 1030 g/mol. The van der Waals surface area contributed by atoms with Crippen molar-refractivity contribution in [3.63, 3.8) is 0 Å². The standard InChI is InChI=1S/C56H73N9O8S/c1-33-50(74-32-60-33)40-15-13-37(14-16-40)28-59-52(69)45-27-42(66)29-64(45)55(72)51(56(3,4)5)62-48(68)30-63-23-21-36(22-24-63)25-35-9-11-38(12-10-35)31-73-34(2)44(19-20-47(58)67)61-53(70)46-26-41-8-6-7-39-17-18-43(57)54(71)65(46)49(39)41/h6-16,32,34,36,42-46,51,66H,17-31,57H2,1-5H3,(H2,58,67)(H,59,69)(H,61,70)(H,62,68)/t34-,42-,43+,44+,45+,46+,51?/m1/s1. The zero-order chi connectivity index (χ0) is 52.8. The van der Waals surface area contributed by atoms with Crippen molar-refractivity contribution in [2.45, 2.75) is 148 Å². The van der Waals surface area contributed by atoms with E-state index in [0.717, 1.165) is 76.4 Å². The molecular formula is C56H73N9O8S. The first kappa shape index (κ1) is 54.2. The molecule has 1 aromatic heterocycles. The van der Waals surface area contributed by atoms with Crippen LogP contribution in [0.1, 0.15) is 99.7 Å². The van der Waals surface area contributed by atoms with Crippen molar-refractivity contribution in [3.05, 3.63) is 106 Å². The second-order valence-electron chi connectivity index (χ2n) is 21.8. The molecule has 0 radical (unpaired) electrons. The number of primary amides is 1. The molecule has 6 amide bonds. The maximum absolute atomic E-state index is 14.2. The predicted molar refractivity (Wildman–Crippen MR) is 283 cm³/mol. The minimum atomic E-state index is -0.909. The van der Waals surface area contributed by atoms with Crippen LogP contribution in [0.15, 0.2) is 72.2 Å². The van der Waals surface area contributed by atoms with E-state index in [2.05, 4.69) is 38.0 Å². The van der Waals surface area contributed by atoms with Gasteiger partial charge in [-0.05, 0) is 110 Å². The van der Waals surface area contributed by atoms with Crippen molar-refractivity contribution in [2.75, 3.05) is 31.1 Å². The van der Waals surface area contributed by atoms with E-state index in [1.54, 1.807) is 16.2 Å². The van der Waals surface area contributed by atoms with Crippen molar-refractivity contribution in [2.24, 2.45) is 22.8 Å². The number of aliphatic hydroxyl groups is 1. The molecule has 0 spiro atoms. The molecule has 2 fully saturated rings. The fourth-order valence-corrected chi connectivity index (χ4v) is 11.7. The number of hydrogen-bond acceptors (Lipinski definition) is 12. The lowest BCUT2D eigenvalue weighted by Gasteiger charge is -2.36. The summed E-state index contributed by atoms with van der Waals surface area (Å²) >= 11 is 1.58. The number of likely N-dealkylation sites (tertiary alicyclic amines) is 2. The number of hydrogen-bond donors (Lipinski definition) is 6. The molecule has 0 bridgehead atoms. The molecule has 74 heavy (non-hydrogen) atoms. The normalized spacial score (nSPS) is 21.4. The monoisotopic (exact) mass is 1030 g/mol. The Bertz CT molecular complexity index is 2660. The Kier molecular flexibility index (Phi) is 17.3. The smallest absolute Gasteiger partial charge is 0.246 e. The van der Waals surface area contributed by atoms with E-state index >= 15 is 0 Å². The molecule has 17 nitrogen and oxygen atoms in total. The Labute approximate surface area is 438 Å². The highest BCUT2D eigenvalue weighted by Crippen LogP contribution is 2.39. The highest BCUT2D eigenvalue weighted by molar-refractivity contribution is 7.13. The molecule has 2 saturated heterocycles. The summed E-state index contributed by atoms with van der Waals surface area (Å²) in [5, 5.41) is 19.7. The predicted octanol–water partition coefficient (Wildman–Crippen LogP) is 4.07. The van der Waals surface area contributed by atoms with E-state index in [1.807, 2.05) is 94.7 Å². The summed E-state index contributed by atoms with van der Waals surface area (Å²) in [4.78, 5) is 91.2. The van der Waals surface area contributed by atoms with E-state index in [-0.39, 0.29) is 69.1 Å². The van der Waals surface area contributed by atoms with Gasteiger partial charge < -0.3 is 42.2 Å². The molecule has 4 aliphatic rings. The van der Waals surface area contributed by atoms with Gasteiger partial charge in [0.25, 0.3) is 0 Å². The molecule has 4 aliphatic heterocycles. The van der Waals surface area contributed by atoms with Gasteiger partial charge in [0.15, 0.2) is 0 Å². The van der Waals surface area contributed by atoms with Crippen LogP contribution >= 0.6 is 11.3 Å². The maximum Gasteiger partial charge on any atom is 0.246 e. The quantitative estimate of drug-likeness (QED) is 0.0783. The number of nitrogens with zero attached hydrogens (tertiary/aromatic N) is 4. The lowest BCUT2D eigenvalue weighted by atomic mass is 9.85. The maximum atomic E-state index is 14.2. The summed E-state index contributed by atoms with van der Waals surface area (Å²) < 4.78 is 6.31. The van der Waals surface area contributed by atoms with Crippen molar-refractivity contribution in [3.8, 4) is 10.4 Å². The number of carbonyl (C=O) groups excluding carboxylic acids is 6. The van der Waals surface area contributed by atoms with Crippen LogP contribution in [0, 0.1) is 18.3 Å². The Balaban J connectivity index is 0.782. The third kappa shape index (κ3) is 13.1. The van der Waals surface area contributed by atoms with Gasteiger partial charge in [0.2, 0.25) is 35.4 Å². The number of thiazole rings is 1. The molecule has 0 aliphatic carbocycles. The van der Waals surface area contributed by atoms with E-state index in [9.17, 15) is 33.9 Å². The van der Waals surface area contributed by atoms with Crippen LogP contribution < -0.4 is 32.3 Å². The second-order valence-corrected chi connectivity index (χ2v) is 22.7. The summed E-state index contributed by atoms with van der Waals surface area (Å²) in [5.74, 6) is -1.65. The topological polar surface area (TPSA) is 243 Å². The minimum Gasteiger partial charge on any atom is -0.391 e. The average Bonchev–Trinajstić information content (AvgIpc) is 4.09. The fourth-order valence-electron chi connectivity index (χ4n) is 10.9. The van der Waals surface area contributed by atoms with Crippen molar-refractivity contribution >= 4 is 52.5 Å². The summed E-state index contributed by atoms with van der Waals surface area (Å²) in [6.45, 7) is 11.6. The van der Waals surface area contributed by atoms with Crippen molar-refractivity contribution < 1.29 is 38.6 Å². The van der Waals surface area contributed by atoms with E-state index in [0.29, 0.717) is 25.2 Å². The van der Waals surface area contributed by atoms with Crippen molar-refractivity contribution in [1.29, 1.82) is 0 Å². The number of benzene rings is 3. The molecule has 8 rings (SSSR count). The van der Waals surface area contributed by atoms with Gasteiger partial charge in [0.1, 0.15) is 18.1 Å². The number of amides is 6. The van der Waals surface area contributed by atoms with Gasteiger partial charge in [0.05, 0.1) is 59.2 Å². The van der Waals surface area contributed by atoms with E-state index in [1.165, 1.54) is 10.5 Å². The molecular weight excluding hydrogens is 959 g/mol.